The van der Waals surface area contributed by atoms with Crippen molar-refractivity contribution in [1.82, 2.24) is 9.55 Å². The third-order valence-electron chi connectivity index (χ3n) is 3.87. The van der Waals surface area contributed by atoms with Crippen molar-refractivity contribution in [2.75, 3.05) is 14.2 Å². The van der Waals surface area contributed by atoms with Gasteiger partial charge in [0.05, 0.1) is 6.10 Å². The number of phosphoric ester groups is 1. The van der Waals surface area contributed by atoms with Gasteiger partial charge in [0.2, 0.25) is 0 Å². The molecule has 0 aliphatic carbocycles. The maximum absolute atomic E-state index is 12.1. The first-order valence-electron chi connectivity index (χ1n) is 7.31. The molecule has 0 bridgehead atoms. The van der Waals surface area contributed by atoms with Gasteiger partial charge in [-0.25, -0.2) is 9.36 Å². The molecular formula is C13H21N2O8P. The number of hydrogen-bond acceptors (Lipinski definition) is 7. The van der Waals surface area contributed by atoms with Gasteiger partial charge in [-0.15, -0.1) is 0 Å². The zero-order valence-electron chi connectivity index (χ0n) is 13.8. The maximum Gasteiger partial charge on any atom is 0.472 e. The minimum absolute atomic E-state index is 0.315. The second kappa shape index (κ2) is 7.30. The van der Waals surface area contributed by atoms with Crippen LogP contribution in [0, 0.1) is 6.92 Å². The van der Waals surface area contributed by atoms with E-state index in [0.29, 0.717) is 12.0 Å². The predicted octanol–water partition coefficient (Wildman–Crippen LogP) is 0.299. The number of nitrogens with zero attached hydrogens (tertiary/aromatic N) is 1. The highest BCUT2D eigenvalue weighted by Gasteiger charge is 2.49. The van der Waals surface area contributed by atoms with Gasteiger partial charge in [-0.3, -0.25) is 23.4 Å². The monoisotopic (exact) mass is 364 g/mol. The Labute approximate surface area is 137 Å². The van der Waals surface area contributed by atoms with Crippen LogP contribution in [-0.4, -0.2) is 47.0 Å². The van der Waals surface area contributed by atoms with Crippen LogP contribution in [0.25, 0.3) is 0 Å². The number of nitrogens with one attached hydrogen (secondary N) is 1. The van der Waals surface area contributed by atoms with Crippen LogP contribution in [0.15, 0.2) is 15.8 Å². The van der Waals surface area contributed by atoms with Gasteiger partial charge in [0, 0.05) is 26.0 Å². The molecule has 3 unspecified atom stereocenters. The van der Waals surface area contributed by atoms with Crippen LogP contribution in [-0.2, 0) is 23.1 Å². The summed E-state index contributed by atoms with van der Waals surface area (Å²) >= 11 is 0. The van der Waals surface area contributed by atoms with E-state index < -0.39 is 43.6 Å². The van der Waals surface area contributed by atoms with Gasteiger partial charge in [0.1, 0.15) is 12.2 Å². The van der Waals surface area contributed by atoms with Crippen LogP contribution in [0.3, 0.4) is 0 Å². The number of aromatic nitrogens is 2. The van der Waals surface area contributed by atoms with Crippen LogP contribution in [0.1, 0.15) is 25.1 Å². The molecule has 24 heavy (non-hydrogen) atoms. The van der Waals surface area contributed by atoms with E-state index in [2.05, 4.69) is 9.51 Å². The van der Waals surface area contributed by atoms with Crippen molar-refractivity contribution in [2.45, 2.75) is 44.8 Å². The fraction of sp³-hybridized carbons (Fsp3) is 0.692. The average molecular weight is 364 g/mol. The van der Waals surface area contributed by atoms with Gasteiger partial charge in [-0.1, -0.05) is 6.92 Å². The molecule has 0 aromatic carbocycles. The fourth-order valence-electron chi connectivity index (χ4n) is 2.61. The van der Waals surface area contributed by atoms with Gasteiger partial charge < -0.3 is 14.4 Å². The van der Waals surface area contributed by atoms with E-state index in [0.717, 1.165) is 7.11 Å². The fourth-order valence-corrected chi connectivity index (χ4v) is 3.26. The van der Waals surface area contributed by atoms with Crippen molar-refractivity contribution in [2.24, 2.45) is 0 Å². The first-order chi connectivity index (χ1) is 11.2. The molecule has 1 aromatic rings. The average Bonchev–Trinajstić information content (AvgIpc) is 2.87. The largest absolute Gasteiger partial charge is 0.472 e. The van der Waals surface area contributed by atoms with E-state index in [1.54, 1.807) is 13.8 Å². The molecule has 2 rings (SSSR count). The molecule has 0 amide bonds. The van der Waals surface area contributed by atoms with Gasteiger partial charge in [-0.05, 0) is 13.3 Å². The molecule has 0 spiro atoms. The van der Waals surface area contributed by atoms with Crippen molar-refractivity contribution in [3.63, 3.8) is 0 Å². The number of hydrogen-bond donors (Lipinski definition) is 2. The lowest BCUT2D eigenvalue weighted by Gasteiger charge is -2.24. The Bertz CT molecular complexity index is 744. The Morgan fingerprint density at radius 1 is 1.38 bits per heavy atom. The molecule has 10 nitrogen and oxygen atoms in total. The Balaban J connectivity index is 2.42. The van der Waals surface area contributed by atoms with Gasteiger partial charge in [0.25, 0.3) is 5.56 Å². The molecule has 136 valence electrons. The third-order valence-corrected chi connectivity index (χ3v) is 4.84. The number of phosphoric acid groups is 1. The Morgan fingerprint density at radius 3 is 2.58 bits per heavy atom. The summed E-state index contributed by atoms with van der Waals surface area (Å²) < 4.78 is 33.7. The Kier molecular flexibility index (Phi) is 5.79. The molecule has 0 radical (unpaired) electrons. The summed E-state index contributed by atoms with van der Waals surface area (Å²) in [7, 11) is -1.86. The Morgan fingerprint density at radius 2 is 2.04 bits per heavy atom. The van der Waals surface area contributed by atoms with E-state index in [9.17, 15) is 19.0 Å². The number of rotatable bonds is 6. The van der Waals surface area contributed by atoms with Crippen molar-refractivity contribution in [1.29, 1.82) is 0 Å². The number of aromatic amines is 1. The first kappa shape index (κ1) is 19.0. The van der Waals surface area contributed by atoms with Gasteiger partial charge >= 0.3 is 13.5 Å². The van der Waals surface area contributed by atoms with E-state index in [-0.39, 0.29) is 0 Å². The van der Waals surface area contributed by atoms with Gasteiger partial charge in [-0.2, -0.15) is 0 Å². The summed E-state index contributed by atoms with van der Waals surface area (Å²) in [4.78, 5) is 35.4. The lowest BCUT2D eigenvalue weighted by Crippen LogP contribution is -2.40. The zero-order chi connectivity index (χ0) is 18.1. The van der Waals surface area contributed by atoms with Crippen molar-refractivity contribution >= 4 is 7.82 Å². The number of ether oxygens (including phenoxy) is 2. The number of methoxy groups -OCH3 is 1. The molecule has 1 aromatic heterocycles. The van der Waals surface area contributed by atoms with Crippen molar-refractivity contribution in [3.8, 4) is 0 Å². The molecule has 1 aliphatic heterocycles. The van der Waals surface area contributed by atoms with E-state index in [4.69, 9.17) is 14.0 Å². The highest BCUT2D eigenvalue weighted by molar-refractivity contribution is 7.47. The number of H-pyrrole nitrogens is 1. The van der Waals surface area contributed by atoms with Crippen LogP contribution in [0.5, 0.6) is 0 Å². The van der Waals surface area contributed by atoms with Gasteiger partial charge in [0.15, 0.2) is 6.23 Å². The summed E-state index contributed by atoms with van der Waals surface area (Å²) in [5.74, 6) is 0. The highest BCUT2D eigenvalue weighted by Crippen LogP contribution is 2.48. The molecule has 11 heteroatoms. The molecule has 2 heterocycles. The van der Waals surface area contributed by atoms with Crippen LogP contribution in [0.4, 0.5) is 0 Å². The van der Waals surface area contributed by atoms with Crippen LogP contribution >= 0.6 is 7.82 Å². The summed E-state index contributed by atoms with van der Waals surface area (Å²) in [5.41, 5.74) is -0.857. The first-order valence-corrected chi connectivity index (χ1v) is 8.80. The highest BCUT2D eigenvalue weighted by atomic mass is 31.2. The SMILES string of the molecule is CC[C@H]1O[C@@H](n2cc(C)c(=O)[nH]c2=O)C(OC)C1OP(=O)(O)OC. The zero-order valence-corrected chi connectivity index (χ0v) is 14.7. The minimum atomic E-state index is -4.28. The molecule has 1 saturated heterocycles. The van der Waals surface area contributed by atoms with Crippen LogP contribution in [0.2, 0.25) is 0 Å². The molecular weight excluding hydrogens is 343 g/mol. The molecule has 5 atom stereocenters. The Hall–Kier alpha value is -1.29. The maximum atomic E-state index is 12.1. The van der Waals surface area contributed by atoms with Crippen LogP contribution < -0.4 is 11.2 Å². The standard InChI is InChI=1S/C13H21N2O8P/c1-5-8-9(23-24(18,19)21-4)10(20-3)12(22-8)15-6-7(2)11(16)14-13(15)17/h6,8-10,12H,5H2,1-4H3,(H,18,19)(H,14,16,17)/t8-,9?,10?,12-/m1/s1. The van der Waals surface area contributed by atoms with Crippen molar-refractivity contribution in [3.05, 3.63) is 32.6 Å². The van der Waals surface area contributed by atoms with E-state index in [1.165, 1.54) is 17.9 Å². The lowest BCUT2D eigenvalue weighted by atomic mass is 10.1. The second-order valence-electron chi connectivity index (χ2n) is 5.37. The van der Waals surface area contributed by atoms with E-state index >= 15 is 0 Å². The second-order valence-corrected chi connectivity index (χ2v) is 6.89. The predicted molar refractivity (Wildman–Crippen MR) is 82.8 cm³/mol. The summed E-state index contributed by atoms with van der Waals surface area (Å²) in [6, 6.07) is 0. The quantitative estimate of drug-likeness (QED) is 0.690. The molecule has 1 fully saturated rings. The lowest BCUT2D eigenvalue weighted by molar-refractivity contribution is -0.0543. The number of aryl methyl sites for hydroxylation is 1. The molecule has 0 saturated carbocycles. The third kappa shape index (κ3) is 3.69. The summed E-state index contributed by atoms with van der Waals surface area (Å²) in [6.07, 6.45) is -1.52. The normalized spacial score (nSPS) is 29.5. The summed E-state index contributed by atoms with van der Waals surface area (Å²) in [5, 5.41) is 0. The minimum Gasteiger partial charge on any atom is -0.374 e. The topological polar surface area (TPSA) is 129 Å². The van der Waals surface area contributed by atoms with Crippen molar-refractivity contribution < 1.29 is 28.0 Å². The smallest absolute Gasteiger partial charge is 0.374 e. The summed E-state index contributed by atoms with van der Waals surface area (Å²) in [6.45, 7) is 3.34. The van der Waals surface area contributed by atoms with E-state index in [1.807, 2.05) is 0 Å². The molecule has 1 aliphatic rings. The molecule has 2 N–H and O–H groups in total.